The molecule has 1 atom stereocenters. The van der Waals surface area contributed by atoms with Gasteiger partial charge in [0.25, 0.3) is 5.91 Å². The van der Waals surface area contributed by atoms with Crippen LogP contribution in [0.4, 0.5) is 0 Å². The Morgan fingerprint density at radius 1 is 1.23 bits per heavy atom. The number of benzene rings is 2. The molecule has 0 radical (unpaired) electrons. The summed E-state index contributed by atoms with van der Waals surface area (Å²) in [5.41, 5.74) is 2.11. The molecular weight excluding hydrogens is 502 g/mol. The van der Waals surface area contributed by atoms with E-state index in [4.69, 9.17) is 11.6 Å². The minimum absolute atomic E-state index is 0.0178. The summed E-state index contributed by atoms with van der Waals surface area (Å²) < 4.78 is 25.6. The maximum absolute atomic E-state index is 12.7. The van der Waals surface area contributed by atoms with E-state index in [9.17, 15) is 13.2 Å². The monoisotopic (exact) mass is 527 g/mol. The van der Waals surface area contributed by atoms with Gasteiger partial charge in [0.1, 0.15) is 0 Å². The molecule has 1 fully saturated rings. The number of sulfone groups is 1. The first-order valence-electron chi connectivity index (χ1n) is 10.2. The molecule has 9 heteroatoms. The molecule has 1 amide bonds. The van der Waals surface area contributed by atoms with Crippen LogP contribution in [0.25, 0.3) is 0 Å². The highest BCUT2D eigenvalue weighted by Crippen LogP contribution is 2.24. The normalized spacial score (nSPS) is 17.1. The van der Waals surface area contributed by atoms with Gasteiger partial charge >= 0.3 is 0 Å². The highest BCUT2D eigenvalue weighted by atomic mass is 79.9. The van der Waals surface area contributed by atoms with Crippen molar-refractivity contribution in [2.24, 2.45) is 0 Å². The van der Waals surface area contributed by atoms with Gasteiger partial charge in [-0.1, -0.05) is 40.5 Å². The van der Waals surface area contributed by atoms with Crippen molar-refractivity contribution in [3.63, 3.8) is 0 Å². The van der Waals surface area contributed by atoms with Gasteiger partial charge in [0.15, 0.2) is 9.84 Å². The molecule has 0 bridgehead atoms. The maximum atomic E-state index is 12.7. The van der Waals surface area contributed by atoms with E-state index < -0.39 is 9.84 Å². The number of hydrogen-bond donors (Lipinski definition) is 2. The Hall–Kier alpha value is -1.45. The van der Waals surface area contributed by atoms with Crippen LogP contribution in [-0.4, -0.2) is 51.2 Å². The standard InChI is InChI=1S/C22H27BrClN3O3S/c1-3-31(29,30)21-7-6-18(24)10-17(21)12-26-22(28)15-4-5-16(20(23)11-15)13-27-9-8-19(14-27)25-2/h4-7,10-11,19,25H,3,8-9,12-14H2,1-2H3,(H,26,28)/t19-/m1/s1. The zero-order valence-electron chi connectivity index (χ0n) is 17.6. The van der Waals surface area contributed by atoms with Crippen molar-refractivity contribution in [3.05, 3.63) is 62.6 Å². The number of carbonyl (C=O) groups is 1. The molecule has 1 saturated heterocycles. The SMILES string of the molecule is CCS(=O)(=O)c1ccc(Cl)cc1CNC(=O)c1ccc(CN2CC[C@@H](NC)C2)c(Br)c1. The van der Waals surface area contributed by atoms with E-state index in [1.165, 1.54) is 6.07 Å². The van der Waals surface area contributed by atoms with Gasteiger partial charge in [-0.2, -0.15) is 0 Å². The summed E-state index contributed by atoms with van der Waals surface area (Å²) >= 11 is 9.64. The summed E-state index contributed by atoms with van der Waals surface area (Å²) in [4.78, 5) is 15.3. The van der Waals surface area contributed by atoms with Crippen LogP contribution in [0.15, 0.2) is 45.8 Å². The third-order valence-electron chi connectivity index (χ3n) is 5.57. The molecule has 1 aliphatic heterocycles. The van der Waals surface area contributed by atoms with Crippen molar-refractivity contribution in [1.82, 2.24) is 15.5 Å². The number of nitrogens with zero attached hydrogens (tertiary/aromatic N) is 1. The molecule has 1 aliphatic rings. The van der Waals surface area contributed by atoms with Crippen molar-refractivity contribution in [2.45, 2.75) is 37.4 Å². The smallest absolute Gasteiger partial charge is 0.251 e. The molecule has 3 rings (SSSR count). The fourth-order valence-electron chi connectivity index (χ4n) is 3.69. The zero-order chi connectivity index (χ0) is 22.6. The first kappa shape index (κ1) is 24.2. The van der Waals surface area contributed by atoms with Gasteiger partial charge in [0, 0.05) is 47.3 Å². The number of amides is 1. The lowest BCUT2D eigenvalue weighted by Crippen LogP contribution is -2.29. The molecule has 0 aliphatic carbocycles. The number of likely N-dealkylation sites (N-methyl/N-ethyl adjacent to an activating group) is 1. The number of likely N-dealkylation sites (tertiary alicyclic amines) is 1. The third kappa shape index (κ3) is 6.08. The Bertz CT molecular complexity index is 1060. The van der Waals surface area contributed by atoms with Crippen LogP contribution < -0.4 is 10.6 Å². The van der Waals surface area contributed by atoms with E-state index in [0.717, 1.165) is 36.1 Å². The van der Waals surface area contributed by atoms with Gasteiger partial charge in [0.2, 0.25) is 0 Å². The van der Waals surface area contributed by atoms with Gasteiger partial charge in [0.05, 0.1) is 10.6 Å². The van der Waals surface area contributed by atoms with E-state index in [0.29, 0.717) is 22.2 Å². The van der Waals surface area contributed by atoms with Crippen LogP contribution >= 0.6 is 27.5 Å². The number of nitrogens with one attached hydrogen (secondary N) is 2. The van der Waals surface area contributed by atoms with Crippen LogP contribution in [0.2, 0.25) is 5.02 Å². The molecule has 0 aromatic heterocycles. The minimum Gasteiger partial charge on any atom is -0.348 e. The molecule has 0 saturated carbocycles. The summed E-state index contributed by atoms with van der Waals surface area (Å²) in [6.07, 6.45) is 1.13. The topological polar surface area (TPSA) is 78.5 Å². The summed E-state index contributed by atoms with van der Waals surface area (Å²) in [5.74, 6) is -0.292. The number of carbonyl (C=O) groups excluding carboxylic acids is 1. The first-order valence-corrected chi connectivity index (χ1v) is 13.0. The van der Waals surface area contributed by atoms with Crippen molar-refractivity contribution >= 4 is 43.3 Å². The minimum atomic E-state index is -3.41. The fourth-order valence-corrected chi connectivity index (χ4v) is 5.51. The molecule has 2 N–H and O–H groups in total. The van der Waals surface area contributed by atoms with Crippen LogP contribution in [0.3, 0.4) is 0 Å². The first-order chi connectivity index (χ1) is 14.7. The fraction of sp³-hybridized carbons (Fsp3) is 0.409. The molecule has 31 heavy (non-hydrogen) atoms. The average molecular weight is 529 g/mol. The molecule has 2 aromatic carbocycles. The Morgan fingerprint density at radius 2 is 2.00 bits per heavy atom. The van der Waals surface area contributed by atoms with Crippen molar-refractivity contribution in [2.75, 3.05) is 25.9 Å². The Morgan fingerprint density at radius 3 is 2.65 bits per heavy atom. The average Bonchev–Trinajstić information content (AvgIpc) is 3.21. The zero-order valence-corrected chi connectivity index (χ0v) is 20.8. The van der Waals surface area contributed by atoms with E-state index in [-0.39, 0.29) is 23.1 Å². The molecular formula is C22H27BrClN3O3S. The summed E-state index contributed by atoms with van der Waals surface area (Å²) in [5, 5.41) is 6.55. The quantitative estimate of drug-likeness (QED) is 0.547. The number of hydrogen-bond acceptors (Lipinski definition) is 5. The van der Waals surface area contributed by atoms with E-state index in [2.05, 4.69) is 31.5 Å². The van der Waals surface area contributed by atoms with Gasteiger partial charge in [-0.25, -0.2) is 8.42 Å². The summed E-state index contributed by atoms with van der Waals surface area (Å²) in [6.45, 7) is 4.54. The second-order valence-corrected chi connectivity index (χ2v) is 11.2. The maximum Gasteiger partial charge on any atom is 0.251 e. The second-order valence-electron chi connectivity index (χ2n) is 7.65. The molecule has 0 unspecified atom stereocenters. The molecule has 6 nitrogen and oxygen atoms in total. The van der Waals surface area contributed by atoms with E-state index in [1.807, 2.05) is 13.1 Å². The predicted octanol–water partition coefficient (Wildman–Crippen LogP) is 3.62. The van der Waals surface area contributed by atoms with E-state index >= 15 is 0 Å². The largest absolute Gasteiger partial charge is 0.348 e. The van der Waals surface area contributed by atoms with Gasteiger partial charge in [-0.3, -0.25) is 9.69 Å². The van der Waals surface area contributed by atoms with Crippen LogP contribution in [-0.2, 0) is 22.9 Å². The van der Waals surface area contributed by atoms with E-state index in [1.54, 1.807) is 31.2 Å². The highest BCUT2D eigenvalue weighted by Gasteiger charge is 2.22. The second kappa shape index (κ2) is 10.4. The lowest BCUT2D eigenvalue weighted by atomic mass is 10.1. The highest BCUT2D eigenvalue weighted by molar-refractivity contribution is 9.10. The Balaban J connectivity index is 1.68. The van der Waals surface area contributed by atoms with Crippen LogP contribution in [0.5, 0.6) is 0 Å². The van der Waals surface area contributed by atoms with Crippen molar-refractivity contribution in [1.29, 1.82) is 0 Å². The predicted molar refractivity (Wildman–Crippen MR) is 127 cm³/mol. The lowest BCUT2D eigenvalue weighted by molar-refractivity contribution is 0.0950. The molecule has 2 aromatic rings. The van der Waals surface area contributed by atoms with Gasteiger partial charge < -0.3 is 10.6 Å². The molecule has 0 spiro atoms. The Kier molecular flexibility index (Phi) is 8.15. The van der Waals surface area contributed by atoms with Crippen molar-refractivity contribution in [3.8, 4) is 0 Å². The molecule has 1 heterocycles. The number of rotatable bonds is 8. The van der Waals surface area contributed by atoms with Crippen LogP contribution in [0, 0.1) is 0 Å². The van der Waals surface area contributed by atoms with Gasteiger partial charge in [-0.05, 0) is 54.9 Å². The lowest BCUT2D eigenvalue weighted by Gasteiger charge is -2.17. The summed E-state index contributed by atoms with van der Waals surface area (Å²) in [6, 6.07) is 10.7. The Labute approximate surface area is 197 Å². The summed E-state index contributed by atoms with van der Waals surface area (Å²) in [7, 11) is -1.43. The molecule has 168 valence electrons. The van der Waals surface area contributed by atoms with Crippen LogP contribution in [0.1, 0.15) is 34.8 Å². The number of halogens is 2. The third-order valence-corrected chi connectivity index (χ3v) is 8.37. The van der Waals surface area contributed by atoms with Gasteiger partial charge in [-0.15, -0.1) is 0 Å². The van der Waals surface area contributed by atoms with Crippen molar-refractivity contribution < 1.29 is 13.2 Å².